The molecule has 1 aliphatic heterocycles. The third kappa shape index (κ3) is 1.60. The number of fused-ring (bicyclic) bond motifs is 1. The van der Waals surface area contributed by atoms with Crippen molar-refractivity contribution in [2.75, 3.05) is 0 Å². The molecule has 3 atom stereocenters. The fraction of sp³-hybridized carbons (Fsp3) is 1.00. The fourth-order valence-corrected chi connectivity index (χ4v) is 4.06. The van der Waals surface area contributed by atoms with Crippen molar-refractivity contribution in [2.24, 2.45) is 11.3 Å². The van der Waals surface area contributed by atoms with Crippen LogP contribution in [0.2, 0.25) is 0 Å². The highest BCUT2D eigenvalue weighted by molar-refractivity contribution is 5.04. The van der Waals surface area contributed by atoms with Crippen molar-refractivity contribution in [3.63, 3.8) is 0 Å². The predicted octanol–water partition coefficient (Wildman–Crippen LogP) is 3.34. The fourth-order valence-electron chi connectivity index (χ4n) is 4.06. The summed E-state index contributed by atoms with van der Waals surface area (Å²) in [4.78, 5) is 0. The van der Waals surface area contributed by atoms with Crippen molar-refractivity contribution in [1.82, 2.24) is 5.32 Å². The van der Waals surface area contributed by atoms with Crippen molar-refractivity contribution in [3.05, 3.63) is 0 Å². The van der Waals surface area contributed by atoms with Gasteiger partial charge in [0.05, 0.1) is 0 Å². The molecule has 1 nitrogen and oxygen atoms in total. The quantitative estimate of drug-likeness (QED) is 0.625. The second-order valence-corrected chi connectivity index (χ2v) is 6.43. The summed E-state index contributed by atoms with van der Waals surface area (Å²) in [7, 11) is 0. The van der Waals surface area contributed by atoms with E-state index < -0.39 is 0 Å². The van der Waals surface area contributed by atoms with Crippen molar-refractivity contribution in [1.29, 1.82) is 0 Å². The van der Waals surface area contributed by atoms with Crippen LogP contribution in [0, 0.1) is 11.3 Å². The van der Waals surface area contributed by atoms with Gasteiger partial charge in [0.15, 0.2) is 0 Å². The summed E-state index contributed by atoms with van der Waals surface area (Å²) in [5.41, 5.74) is 0.986. The topological polar surface area (TPSA) is 12.0 Å². The highest BCUT2D eigenvalue weighted by Crippen LogP contribution is 2.50. The molecule has 0 bridgehead atoms. The largest absolute Gasteiger partial charge is 0.309 e. The Morgan fingerprint density at radius 3 is 2.50 bits per heavy atom. The summed E-state index contributed by atoms with van der Waals surface area (Å²) in [6.45, 7) is 9.72. The molecule has 82 valence electrons. The first-order chi connectivity index (χ1) is 6.44. The molecule has 0 radical (unpaired) electrons. The molecule has 2 aliphatic rings. The Morgan fingerprint density at radius 2 is 1.79 bits per heavy atom. The molecule has 0 aromatic heterocycles. The van der Waals surface area contributed by atoms with Gasteiger partial charge < -0.3 is 5.32 Å². The first-order valence-corrected chi connectivity index (χ1v) is 6.22. The lowest BCUT2D eigenvalue weighted by Gasteiger charge is -2.55. The maximum Gasteiger partial charge on any atom is 0.0189 e. The number of nitrogens with one attached hydrogen (secondary N) is 1. The van der Waals surface area contributed by atoms with Crippen molar-refractivity contribution >= 4 is 0 Å². The van der Waals surface area contributed by atoms with Crippen molar-refractivity contribution in [3.8, 4) is 0 Å². The minimum absolute atomic E-state index is 0.430. The molecule has 0 aromatic carbocycles. The normalized spacial score (nSPS) is 47.1. The van der Waals surface area contributed by atoms with E-state index in [-0.39, 0.29) is 0 Å². The van der Waals surface area contributed by atoms with E-state index in [0.29, 0.717) is 11.0 Å². The smallest absolute Gasteiger partial charge is 0.0189 e. The Morgan fingerprint density at radius 1 is 1.07 bits per heavy atom. The van der Waals surface area contributed by atoms with Crippen LogP contribution >= 0.6 is 0 Å². The Hall–Kier alpha value is -0.0400. The van der Waals surface area contributed by atoms with Gasteiger partial charge in [-0.2, -0.15) is 0 Å². The van der Waals surface area contributed by atoms with Gasteiger partial charge in [-0.1, -0.05) is 20.3 Å². The second kappa shape index (κ2) is 3.23. The highest BCUT2D eigenvalue weighted by atomic mass is 15.0. The van der Waals surface area contributed by atoms with Crippen LogP contribution in [0.3, 0.4) is 0 Å². The molecule has 1 saturated carbocycles. The van der Waals surface area contributed by atoms with Gasteiger partial charge in [-0.15, -0.1) is 0 Å². The van der Waals surface area contributed by atoms with E-state index in [2.05, 4.69) is 33.0 Å². The van der Waals surface area contributed by atoms with E-state index in [1.165, 1.54) is 32.1 Å². The van der Waals surface area contributed by atoms with Crippen molar-refractivity contribution < 1.29 is 0 Å². The molecular weight excluding hydrogens is 170 g/mol. The van der Waals surface area contributed by atoms with Crippen LogP contribution in [0.15, 0.2) is 0 Å². The number of piperidine rings is 1. The lowest BCUT2D eigenvalue weighted by molar-refractivity contribution is -0.00219. The third-order valence-electron chi connectivity index (χ3n) is 4.69. The molecule has 14 heavy (non-hydrogen) atoms. The van der Waals surface area contributed by atoms with E-state index in [0.717, 1.165) is 12.0 Å². The molecule has 1 heterocycles. The van der Waals surface area contributed by atoms with E-state index in [4.69, 9.17) is 0 Å². The van der Waals surface area contributed by atoms with Crippen LogP contribution in [0.25, 0.3) is 0 Å². The van der Waals surface area contributed by atoms with Crippen LogP contribution in [0.1, 0.15) is 59.8 Å². The lowest BCUT2D eigenvalue weighted by Crippen LogP contribution is -2.61. The summed E-state index contributed by atoms with van der Waals surface area (Å²) in [6, 6.07) is 0.727. The van der Waals surface area contributed by atoms with Crippen molar-refractivity contribution in [2.45, 2.75) is 71.4 Å². The van der Waals surface area contributed by atoms with E-state index in [1.54, 1.807) is 0 Å². The molecule has 0 amide bonds. The summed E-state index contributed by atoms with van der Waals surface area (Å²) in [6.07, 6.45) is 7.00. The van der Waals surface area contributed by atoms with Crippen LogP contribution in [0.4, 0.5) is 0 Å². The van der Waals surface area contributed by atoms with Gasteiger partial charge in [-0.25, -0.2) is 0 Å². The minimum atomic E-state index is 0.430. The number of rotatable bonds is 0. The highest BCUT2D eigenvalue weighted by Gasteiger charge is 2.48. The van der Waals surface area contributed by atoms with Crippen LogP contribution < -0.4 is 5.32 Å². The molecular formula is C13H25N. The SMILES string of the molecule is CC1CCC2C(C)(C)CCCC2(C)N1. The Bertz CT molecular complexity index is 221. The summed E-state index contributed by atoms with van der Waals surface area (Å²) in [5, 5.41) is 3.85. The average molecular weight is 195 g/mol. The van der Waals surface area contributed by atoms with E-state index in [9.17, 15) is 0 Å². The average Bonchev–Trinajstić information content (AvgIpc) is 2.00. The van der Waals surface area contributed by atoms with Crippen LogP contribution in [-0.2, 0) is 0 Å². The van der Waals surface area contributed by atoms with E-state index in [1.807, 2.05) is 0 Å². The monoisotopic (exact) mass is 195 g/mol. The molecule has 1 N–H and O–H groups in total. The van der Waals surface area contributed by atoms with Gasteiger partial charge in [-0.05, 0) is 50.9 Å². The van der Waals surface area contributed by atoms with E-state index >= 15 is 0 Å². The van der Waals surface area contributed by atoms with Gasteiger partial charge in [0.1, 0.15) is 0 Å². The van der Waals surface area contributed by atoms with Gasteiger partial charge in [0.2, 0.25) is 0 Å². The predicted molar refractivity (Wildman–Crippen MR) is 61.4 cm³/mol. The molecule has 2 fully saturated rings. The molecule has 1 saturated heterocycles. The molecule has 3 unspecified atom stereocenters. The molecule has 1 aliphatic carbocycles. The minimum Gasteiger partial charge on any atom is -0.309 e. The Kier molecular flexibility index (Phi) is 2.42. The zero-order valence-corrected chi connectivity index (χ0v) is 10.2. The zero-order valence-electron chi connectivity index (χ0n) is 10.2. The maximum absolute atomic E-state index is 3.85. The first kappa shape index (κ1) is 10.5. The van der Waals surface area contributed by atoms with Gasteiger partial charge in [0, 0.05) is 11.6 Å². The van der Waals surface area contributed by atoms with Gasteiger partial charge in [-0.3, -0.25) is 0 Å². The zero-order chi connectivity index (χ0) is 10.4. The second-order valence-electron chi connectivity index (χ2n) is 6.43. The van der Waals surface area contributed by atoms with Gasteiger partial charge in [0.25, 0.3) is 0 Å². The Balaban J connectivity index is 2.21. The van der Waals surface area contributed by atoms with Gasteiger partial charge >= 0.3 is 0 Å². The lowest BCUT2D eigenvalue weighted by atomic mass is 9.57. The Labute approximate surface area is 88.7 Å². The standard InChI is InChI=1S/C13H25N/c1-10-6-7-11-12(2,3)8-5-9-13(11,4)14-10/h10-11,14H,5-9H2,1-4H3. The molecule has 2 rings (SSSR count). The molecule has 1 heteroatoms. The maximum atomic E-state index is 3.85. The van der Waals surface area contributed by atoms with Crippen LogP contribution in [-0.4, -0.2) is 11.6 Å². The molecule has 0 aromatic rings. The molecule has 0 spiro atoms. The van der Waals surface area contributed by atoms with Crippen LogP contribution in [0.5, 0.6) is 0 Å². The summed E-state index contributed by atoms with van der Waals surface area (Å²) in [5.74, 6) is 0.889. The first-order valence-electron chi connectivity index (χ1n) is 6.22. The number of hydrogen-bond donors (Lipinski definition) is 1. The summed E-state index contributed by atoms with van der Waals surface area (Å²) >= 11 is 0. The third-order valence-corrected chi connectivity index (χ3v) is 4.69. The number of hydrogen-bond acceptors (Lipinski definition) is 1. The summed E-state index contributed by atoms with van der Waals surface area (Å²) < 4.78 is 0.